The Balaban J connectivity index is 3.59. The summed E-state index contributed by atoms with van der Waals surface area (Å²) in [6, 6.07) is 0.0480. The van der Waals surface area contributed by atoms with E-state index >= 15 is 0 Å². The van der Waals surface area contributed by atoms with Crippen molar-refractivity contribution in [2.45, 2.75) is 31.9 Å². The van der Waals surface area contributed by atoms with E-state index in [0.29, 0.717) is 6.61 Å². The summed E-state index contributed by atoms with van der Waals surface area (Å²) in [4.78, 5) is 2.11. The zero-order valence-corrected chi connectivity index (χ0v) is 9.79. The van der Waals surface area contributed by atoms with Gasteiger partial charge >= 0.3 is 0 Å². The number of hydrogen-bond donors (Lipinski definition) is 2. The number of rotatable bonds is 7. The molecule has 0 rings (SSSR count). The SMILES string of the molecule is COCC(N)CN(C)CCC(C)(C)O. The fourth-order valence-electron chi connectivity index (χ4n) is 1.22. The number of aliphatic hydroxyl groups is 1. The molecule has 4 nitrogen and oxygen atoms in total. The molecule has 0 bridgehead atoms. The second kappa shape index (κ2) is 6.35. The van der Waals surface area contributed by atoms with Crippen LogP contribution in [0.3, 0.4) is 0 Å². The molecule has 0 aromatic heterocycles. The molecule has 0 saturated heterocycles. The first-order valence-electron chi connectivity index (χ1n) is 5.00. The van der Waals surface area contributed by atoms with Crippen LogP contribution in [0, 0.1) is 0 Å². The highest BCUT2D eigenvalue weighted by Gasteiger charge is 2.14. The maximum atomic E-state index is 9.52. The van der Waals surface area contributed by atoms with Gasteiger partial charge in [0.1, 0.15) is 0 Å². The smallest absolute Gasteiger partial charge is 0.0626 e. The van der Waals surface area contributed by atoms with Crippen molar-refractivity contribution in [3.8, 4) is 0 Å². The second-order valence-electron chi connectivity index (χ2n) is 4.54. The van der Waals surface area contributed by atoms with Crippen molar-refractivity contribution in [2.24, 2.45) is 5.73 Å². The van der Waals surface area contributed by atoms with Crippen molar-refractivity contribution >= 4 is 0 Å². The molecule has 0 aromatic rings. The molecule has 3 N–H and O–H groups in total. The van der Waals surface area contributed by atoms with Crippen molar-refractivity contribution in [1.29, 1.82) is 0 Å². The van der Waals surface area contributed by atoms with Crippen LogP contribution in [-0.4, -0.2) is 55.5 Å². The standard InChI is InChI=1S/C10H24N2O2/c1-10(2,13)5-6-12(3)7-9(11)8-14-4/h9,13H,5-8,11H2,1-4H3. The van der Waals surface area contributed by atoms with E-state index < -0.39 is 5.60 Å². The molecular formula is C10H24N2O2. The molecule has 0 spiro atoms. The minimum atomic E-state index is -0.598. The van der Waals surface area contributed by atoms with E-state index in [2.05, 4.69) is 4.90 Å². The van der Waals surface area contributed by atoms with Gasteiger partial charge in [0.05, 0.1) is 12.2 Å². The molecule has 1 atom stereocenters. The van der Waals surface area contributed by atoms with Crippen LogP contribution in [0.4, 0.5) is 0 Å². The molecule has 0 fully saturated rings. The molecular weight excluding hydrogens is 180 g/mol. The highest BCUT2D eigenvalue weighted by Crippen LogP contribution is 2.07. The van der Waals surface area contributed by atoms with E-state index in [0.717, 1.165) is 19.5 Å². The van der Waals surface area contributed by atoms with E-state index in [-0.39, 0.29) is 6.04 Å². The van der Waals surface area contributed by atoms with Gasteiger partial charge in [-0.25, -0.2) is 0 Å². The molecule has 0 aliphatic rings. The summed E-state index contributed by atoms with van der Waals surface area (Å²) >= 11 is 0. The Morgan fingerprint density at radius 1 is 1.50 bits per heavy atom. The highest BCUT2D eigenvalue weighted by molar-refractivity contribution is 4.70. The number of likely N-dealkylation sites (N-methyl/N-ethyl adjacent to an activating group) is 1. The van der Waals surface area contributed by atoms with E-state index in [4.69, 9.17) is 10.5 Å². The number of methoxy groups -OCH3 is 1. The van der Waals surface area contributed by atoms with Crippen molar-refractivity contribution in [3.05, 3.63) is 0 Å². The Morgan fingerprint density at radius 2 is 2.07 bits per heavy atom. The molecule has 0 aliphatic heterocycles. The zero-order valence-electron chi connectivity index (χ0n) is 9.79. The summed E-state index contributed by atoms with van der Waals surface area (Å²) in [5.74, 6) is 0. The Labute approximate surface area is 87.0 Å². The van der Waals surface area contributed by atoms with Gasteiger partial charge in [0, 0.05) is 26.2 Å². The summed E-state index contributed by atoms with van der Waals surface area (Å²) in [6.07, 6.45) is 0.753. The number of hydrogen-bond acceptors (Lipinski definition) is 4. The molecule has 1 unspecified atom stereocenters. The maximum Gasteiger partial charge on any atom is 0.0626 e. The van der Waals surface area contributed by atoms with Crippen LogP contribution in [0.25, 0.3) is 0 Å². The fraction of sp³-hybridized carbons (Fsp3) is 1.00. The third kappa shape index (κ3) is 8.44. The van der Waals surface area contributed by atoms with Crippen molar-refractivity contribution in [3.63, 3.8) is 0 Å². The van der Waals surface area contributed by atoms with Gasteiger partial charge in [0.25, 0.3) is 0 Å². The molecule has 0 aliphatic carbocycles. The van der Waals surface area contributed by atoms with Crippen LogP contribution in [0.5, 0.6) is 0 Å². The van der Waals surface area contributed by atoms with Gasteiger partial charge in [-0.15, -0.1) is 0 Å². The summed E-state index contributed by atoms with van der Waals surface area (Å²) in [5, 5.41) is 9.52. The van der Waals surface area contributed by atoms with Crippen LogP contribution >= 0.6 is 0 Å². The second-order valence-corrected chi connectivity index (χ2v) is 4.54. The summed E-state index contributed by atoms with van der Waals surface area (Å²) in [7, 11) is 3.65. The van der Waals surface area contributed by atoms with E-state index in [9.17, 15) is 5.11 Å². The average molecular weight is 204 g/mol. The van der Waals surface area contributed by atoms with Gasteiger partial charge in [-0.3, -0.25) is 0 Å². The minimum absolute atomic E-state index is 0.0480. The Hall–Kier alpha value is -0.160. The predicted molar refractivity (Wildman–Crippen MR) is 58.3 cm³/mol. The monoisotopic (exact) mass is 204 g/mol. The lowest BCUT2D eigenvalue weighted by Gasteiger charge is -2.24. The van der Waals surface area contributed by atoms with E-state index in [1.807, 2.05) is 20.9 Å². The first-order chi connectivity index (χ1) is 6.35. The van der Waals surface area contributed by atoms with Crippen molar-refractivity contribution < 1.29 is 9.84 Å². The lowest BCUT2D eigenvalue weighted by molar-refractivity contribution is 0.0587. The van der Waals surface area contributed by atoms with Gasteiger partial charge in [-0.1, -0.05) is 0 Å². The first-order valence-corrected chi connectivity index (χ1v) is 5.00. The lowest BCUT2D eigenvalue weighted by Crippen LogP contribution is -2.40. The third-order valence-electron chi connectivity index (χ3n) is 2.03. The molecule has 0 aromatic carbocycles. The van der Waals surface area contributed by atoms with Crippen molar-refractivity contribution in [2.75, 3.05) is 33.9 Å². The molecule has 14 heavy (non-hydrogen) atoms. The number of nitrogens with zero attached hydrogens (tertiary/aromatic N) is 1. The summed E-state index contributed by atoms with van der Waals surface area (Å²) in [5.41, 5.74) is 5.20. The largest absolute Gasteiger partial charge is 0.390 e. The fourth-order valence-corrected chi connectivity index (χ4v) is 1.22. The Kier molecular flexibility index (Phi) is 6.27. The molecule has 0 heterocycles. The third-order valence-corrected chi connectivity index (χ3v) is 2.03. The maximum absolute atomic E-state index is 9.52. The quantitative estimate of drug-likeness (QED) is 0.615. The predicted octanol–water partition coefficient (Wildman–Crippen LogP) is 0.0529. The van der Waals surface area contributed by atoms with Gasteiger partial charge in [-0.05, 0) is 27.3 Å². The van der Waals surface area contributed by atoms with E-state index in [1.165, 1.54) is 0 Å². The lowest BCUT2D eigenvalue weighted by atomic mass is 10.1. The molecule has 86 valence electrons. The zero-order chi connectivity index (χ0) is 11.2. The summed E-state index contributed by atoms with van der Waals surface area (Å²) in [6.45, 7) is 5.85. The minimum Gasteiger partial charge on any atom is -0.390 e. The molecule has 0 amide bonds. The van der Waals surface area contributed by atoms with Crippen LogP contribution in [0.1, 0.15) is 20.3 Å². The van der Waals surface area contributed by atoms with E-state index in [1.54, 1.807) is 7.11 Å². The average Bonchev–Trinajstić information content (AvgIpc) is 2.00. The normalized spacial score (nSPS) is 14.8. The van der Waals surface area contributed by atoms with Crippen LogP contribution in [-0.2, 0) is 4.74 Å². The topological polar surface area (TPSA) is 58.7 Å². The number of ether oxygens (including phenoxy) is 1. The first kappa shape index (κ1) is 13.8. The Bertz CT molecular complexity index is 146. The van der Waals surface area contributed by atoms with Crippen LogP contribution in [0.2, 0.25) is 0 Å². The van der Waals surface area contributed by atoms with Gasteiger partial charge in [-0.2, -0.15) is 0 Å². The van der Waals surface area contributed by atoms with Crippen LogP contribution in [0.15, 0.2) is 0 Å². The molecule has 4 heteroatoms. The van der Waals surface area contributed by atoms with Gasteiger partial charge < -0.3 is 20.5 Å². The van der Waals surface area contributed by atoms with Crippen molar-refractivity contribution in [1.82, 2.24) is 4.90 Å². The molecule has 0 saturated carbocycles. The van der Waals surface area contributed by atoms with Gasteiger partial charge in [0.2, 0.25) is 0 Å². The van der Waals surface area contributed by atoms with Crippen LogP contribution < -0.4 is 5.73 Å². The summed E-state index contributed by atoms with van der Waals surface area (Å²) < 4.78 is 4.95. The Morgan fingerprint density at radius 3 is 2.50 bits per heavy atom. The highest BCUT2D eigenvalue weighted by atomic mass is 16.5. The molecule has 0 radical (unpaired) electrons. The van der Waals surface area contributed by atoms with Gasteiger partial charge in [0.15, 0.2) is 0 Å². The number of nitrogens with two attached hydrogens (primary N) is 1.